The van der Waals surface area contributed by atoms with Crippen LogP contribution in [0.25, 0.3) is 11.3 Å². The lowest BCUT2D eigenvalue weighted by molar-refractivity contribution is -0.121. The van der Waals surface area contributed by atoms with Crippen LogP contribution >= 0.6 is 0 Å². The molecule has 3 rings (SSSR count). The van der Waals surface area contributed by atoms with Gasteiger partial charge in [-0.2, -0.15) is 5.10 Å². The molecule has 28 heavy (non-hydrogen) atoms. The Morgan fingerprint density at radius 3 is 2.36 bits per heavy atom. The lowest BCUT2D eigenvalue weighted by Gasteiger charge is -2.06. The number of aromatic nitrogens is 2. The Morgan fingerprint density at radius 1 is 0.929 bits per heavy atom. The molecule has 0 aliphatic heterocycles. The normalized spacial score (nSPS) is 10.3. The fourth-order valence-corrected chi connectivity index (χ4v) is 2.46. The number of halogens is 1. The van der Waals surface area contributed by atoms with E-state index in [1.807, 2.05) is 30.3 Å². The highest BCUT2D eigenvalue weighted by molar-refractivity contribution is 5.98. The second kappa shape index (κ2) is 8.72. The summed E-state index contributed by atoms with van der Waals surface area (Å²) in [5, 5.41) is 6.67. The van der Waals surface area contributed by atoms with Crippen molar-refractivity contribution in [1.29, 1.82) is 0 Å². The van der Waals surface area contributed by atoms with Crippen LogP contribution in [-0.2, 0) is 4.79 Å². The summed E-state index contributed by atoms with van der Waals surface area (Å²) in [7, 11) is 0. The predicted molar refractivity (Wildman–Crippen MR) is 99.6 cm³/mol. The van der Waals surface area contributed by atoms with Gasteiger partial charge in [-0.15, -0.1) is 0 Å². The van der Waals surface area contributed by atoms with Crippen molar-refractivity contribution < 1.29 is 18.8 Å². The van der Waals surface area contributed by atoms with Gasteiger partial charge in [0.15, 0.2) is 5.78 Å². The van der Waals surface area contributed by atoms with E-state index >= 15 is 0 Å². The first kappa shape index (κ1) is 19.0. The number of carbonyl (C=O) groups excluding carboxylic acids is 3. The van der Waals surface area contributed by atoms with Crippen molar-refractivity contribution in [2.75, 3.05) is 0 Å². The summed E-state index contributed by atoms with van der Waals surface area (Å²) in [6.45, 7) is 0. The number of hydrazine groups is 1. The average Bonchev–Trinajstić information content (AvgIpc) is 3.22. The van der Waals surface area contributed by atoms with E-state index in [-0.39, 0.29) is 24.3 Å². The molecule has 0 saturated carbocycles. The zero-order chi connectivity index (χ0) is 19.9. The van der Waals surface area contributed by atoms with E-state index in [1.54, 1.807) is 6.07 Å². The summed E-state index contributed by atoms with van der Waals surface area (Å²) in [5.41, 5.74) is 6.46. The summed E-state index contributed by atoms with van der Waals surface area (Å²) >= 11 is 0. The Morgan fingerprint density at radius 2 is 1.64 bits per heavy atom. The molecule has 0 fully saturated rings. The third kappa shape index (κ3) is 4.88. The Bertz CT molecular complexity index is 984. The highest BCUT2D eigenvalue weighted by atomic mass is 19.1. The van der Waals surface area contributed by atoms with Gasteiger partial charge in [-0.25, -0.2) is 4.39 Å². The number of H-pyrrole nitrogens is 1. The van der Waals surface area contributed by atoms with Crippen molar-refractivity contribution in [3.05, 3.63) is 77.7 Å². The van der Waals surface area contributed by atoms with E-state index in [0.29, 0.717) is 11.3 Å². The molecule has 3 aromatic rings. The van der Waals surface area contributed by atoms with Gasteiger partial charge in [0.05, 0.1) is 5.69 Å². The average molecular weight is 380 g/mol. The zero-order valence-corrected chi connectivity index (χ0v) is 14.7. The highest BCUT2D eigenvalue weighted by Crippen LogP contribution is 2.16. The van der Waals surface area contributed by atoms with Crippen molar-refractivity contribution in [2.24, 2.45) is 0 Å². The van der Waals surface area contributed by atoms with Crippen molar-refractivity contribution in [3.8, 4) is 11.3 Å². The molecule has 7 nitrogen and oxygen atoms in total. The number of Topliss-reactive ketones (excluding diaryl/α,β-unsaturated/α-hetero) is 1. The third-order valence-electron chi connectivity index (χ3n) is 3.95. The number of nitrogens with one attached hydrogen (secondary N) is 3. The number of aromatic amines is 1. The Kier molecular flexibility index (Phi) is 5.91. The number of amides is 2. The van der Waals surface area contributed by atoms with E-state index in [9.17, 15) is 18.8 Å². The molecular formula is C20H17FN4O3. The molecule has 3 N–H and O–H groups in total. The van der Waals surface area contributed by atoms with Gasteiger partial charge in [-0.05, 0) is 30.3 Å². The lowest BCUT2D eigenvalue weighted by atomic mass is 10.1. The first-order valence-electron chi connectivity index (χ1n) is 8.52. The first-order valence-corrected chi connectivity index (χ1v) is 8.52. The lowest BCUT2D eigenvalue weighted by Crippen LogP contribution is -2.41. The topological polar surface area (TPSA) is 104 Å². The van der Waals surface area contributed by atoms with Crippen LogP contribution in [0, 0.1) is 5.82 Å². The second-order valence-corrected chi connectivity index (χ2v) is 5.97. The minimum absolute atomic E-state index is 0.0600. The summed E-state index contributed by atoms with van der Waals surface area (Å²) in [6.07, 6.45) is -0.176. The molecule has 0 atom stereocenters. The maximum absolute atomic E-state index is 12.9. The van der Waals surface area contributed by atoms with Crippen LogP contribution in [-0.4, -0.2) is 27.8 Å². The maximum Gasteiger partial charge on any atom is 0.287 e. The van der Waals surface area contributed by atoms with Crippen LogP contribution in [0.2, 0.25) is 0 Å². The van der Waals surface area contributed by atoms with Gasteiger partial charge in [0.25, 0.3) is 5.91 Å². The fraction of sp³-hybridized carbons (Fsp3) is 0.100. The van der Waals surface area contributed by atoms with Crippen molar-refractivity contribution in [2.45, 2.75) is 12.8 Å². The number of benzene rings is 2. The molecule has 142 valence electrons. The van der Waals surface area contributed by atoms with Crippen LogP contribution in [0.3, 0.4) is 0 Å². The van der Waals surface area contributed by atoms with E-state index in [1.165, 1.54) is 24.3 Å². The van der Waals surface area contributed by atoms with Crippen LogP contribution in [0.1, 0.15) is 33.7 Å². The van der Waals surface area contributed by atoms with Crippen LogP contribution < -0.4 is 10.9 Å². The van der Waals surface area contributed by atoms with E-state index in [0.717, 1.165) is 5.56 Å². The number of rotatable bonds is 6. The minimum atomic E-state index is -0.562. The molecule has 2 aromatic carbocycles. The molecule has 1 aromatic heterocycles. The minimum Gasteiger partial charge on any atom is -0.294 e. The molecule has 0 spiro atoms. The van der Waals surface area contributed by atoms with Gasteiger partial charge >= 0.3 is 0 Å². The zero-order valence-electron chi connectivity index (χ0n) is 14.7. The van der Waals surface area contributed by atoms with Crippen LogP contribution in [0.5, 0.6) is 0 Å². The van der Waals surface area contributed by atoms with Crippen LogP contribution in [0.15, 0.2) is 60.7 Å². The molecule has 0 bridgehead atoms. The molecule has 0 aliphatic carbocycles. The fourth-order valence-electron chi connectivity index (χ4n) is 2.46. The largest absolute Gasteiger partial charge is 0.294 e. The van der Waals surface area contributed by atoms with Crippen molar-refractivity contribution in [1.82, 2.24) is 21.0 Å². The van der Waals surface area contributed by atoms with Crippen molar-refractivity contribution in [3.63, 3.8) is 0 Å². The van der Waals surface area contributed by atoms with E-state index < -0.39 is 17.6 Å². The van der Waals surface area contributed by atoms with Gasteiger partial charge in [-0.3, -0.25) is 30.3 Å². The van der Waals surface area contributed by atoms with Gasteiger partial charge in [0.2, 0.25) is 5.91 Å². The molecule has 0 saturated heterocycles. The molecule has 0 aliphatic rings. The number of hydrogen-bond acceptors (Lipinski definition) is 4. The second-order valence-electron chi connectivity index (χ2n) is 5.97. The molecule has 8 heteroatoms. The first-order chi connectivity index (χ1) is 13.5. The van der Waals surface area contributed by atoms with E-state index in [4.69, 9.17) is 0 Å². The smallest absolute Gasteiger partial charge is 0.287 e. The number of nitrogens with zero attached hydrogens (tertiary/aromatic N) is 1. The molecule has 2 amide bonds. The summed E-state index contributed by atoms with van der Waals surface area (Å²) < 4.78 is 12.9. The van der Waals surface area contributed by atoms with Gasteiger partial charge < -0.3 is 0 Å². The molecule has 1 heterocycles. The van der Waals surface area contributed by atoms with Gasteiger partial charge in [0.1, 0.15) is 11.5 Å². The van der Waals surface area contributed by atoms with Crippen molar-refractivity contribution >= 4 is 17.6 Å². The standard InChI is InChI=1S/C20H17FN4O3/c21-15-8-6-14(7-9-15)18(26)10-11-19(27)24-25-20(28)17-12-16(22-23-17)13-4-2-1-3-5-13/h1-9,12H,10-11H2,(H,22,23)(H,24,27)(H,25,28). The molecular weight excluding hydrogens is 363 g/mol. The number of carbonyl (C=O) groups is 3. The molecule has 0 unspecified atom stereocenters. The predicted octanol–water partition coefficient (Wildman–Crippen LogP) is 2.64. The quantitative estimate of drug-likeness (QED) is 0.452. The number of hydrogen-bond donors (Lipinski definition) is 3. The summed E-state index contributed by atoms with van der Waals surface area (Å²) in [5.74, 6) is -1.81. The summed E-state index contributed by atoms with van der Waals surface area (Å²) in [4.78, 5) is 35.9. The SMILES string of the molecule is O=C(CCC(=O)c1ccc(F)cc1)NNC(=O)c1cc(-c2ccccc2)n[nH]1. The summed E-state index contributed by atoms with van der Waals surface area (Å²) in [6, 6.07) is 16.0. The van der Waals surface area contributed by atoms with Gasteiger partial charge in [-0.1, -0.05) is 30.3 Å². The Labute approximate surface area is 159 Å². The maximum atomic E-state index is 12.9. The third-order valence-corrected chi connectivity index (χ3v) is 3.95. The molecule has 0 radical (unpaired) electrons. The van der Waals surface area contributed by atoms with Gasteiger partial charge in [0, 0.05) is 24.0 Å². The van der Waals surface area contributed by atoms with Crippen LogP contribution in [0.4, 0.5) is 4.39 Å². The monoisotopic (exact) mass is 380 g/mol. The number of ketones is 1. The highest BCUT2D eigenvalue weighted by Gasteiger charge is 2.13. The Balaban J connectivity index is 1.46. The Hall–Kier alpha value is -3.81. The van der Waals surface area contributed by atoms with E-state index in [2.05, 4.69) is 21.0 Å².